The zero-order valence-electron chi connectivity index (χ0n) is 15.8. The number of piperidine rings is 1. The van der Waals surface area contributed by atoms with Crippen molar-refractivity contribution in [3.05, 3.63) is 28.8 Å². The van der Waals surface area contributed by atoms with Gasteiger partial charge in [-0.05, 0) is 77.5 Å². The zero-order chi connectivity index (χ0) is 18.3. The van der Waals surface area contributed by atoms with E-state index < -0.39 is 5.97 Å². The summed E-state index contributed by atoms with van der Waals surface area (Å²) < 4.78 is 0. The number of carboxylic acid groups (broad SMARTS) is 1. The number of carboxylic acids is 1. The van der Waals surface area contributed by atoms with Crippen molar-refractivity contribution in [1.29, 1.82) is 0 Å². The van der Waals surface area contributed by atoms with E-state index in [0.29, 0.717) is 5.75 Å². The molecule has 0 aromatic heterocycles. The van der Waals surface area contributed by atoms with Crippen molar-refractivity contribution in [3.63, 3.8) is 0 Å². The molecule has 2 N–H and O–H groups in total. The summed E-state index contributed by atoms with van der Waals surface area (Å²) in [6, 6.07) is 3.68. The van der Waals surface area contributed by atoms with Crippen molar-refractivity contribution in [3.8, 4) is 5.75 Å². The Morgan fingerprint density at radius 3 is 2.00 bits per heavy atom. The molecular weight excluding hydrogens is 302 g/mol. The largest absolute Gasteiger partial charge is 0.507 e. The van der Waals surface area contributed by atoms with Crippen molar-refractivity contribution in [2.45, 2.75) is 84.3 Å². The topological polar surface area (TPSA) is 60.8 Å². The third-order valence-electron chi connectivity index (χ3n) is 5.46. The maximum atomic E-state index is 11.6. The van der Waals surface area contributed by atoms with Gasteiger partial charge in [-0.3, -0.25) is 9.69 Å². The molecule has 0 amide bonds. The molecule has 1 unspecified atom stereocenters. The Balaban J connectivity index is 2.57. The number of carbonyl (C=O) groups is 1. The van der Waals surface area contributed by atoms with E-state index in [9.17, 15) is 15.0 Å². The molecule has 1 atom stereocenters. The Morgan fingerprint density at radius 2 is 1.58 bits per heavy atom. The van der Waals surface area contributed by atoms with Gasteiger partial charge in [0.15, 0.2) is 0 Å². The van der Waals surface area contributed by atoms with Gasteiger partial charge in [0.1, 0.15) is 5.75 Å². The highest BCUT2D eigenvalue weighted by Crippen LogP contribution is 2.46. The van der Waals surface area contributed by atoms with Crippen molar-refractivity contribution in [1.82, 2.24) is 4.90 Å². The summed E-state index contributed by atoms with van der Waals surface area (Å²) in [5.41, 5.74) is 2.44. The summed E-state index contributed by atoms with van der Waals surface area (Å²) in [5.74, 6) is -0.495. The minimum Gasteiger partial charge on any atom is -0.507 e. The second-order valence-electron chi connectivity index (χ2n) is 8.47. The van der Waals surface area contributed by atoms with Crippen LogP contribution in [0.4, 0.5) is 0 Å². The number of phenols is 1. The first-order chi connectivity index (χ1) is 11.0. The van der Waals surface area contributed by atoms with E-state index in [1.807, 2.05) is 26.0 Å². The van der Waals surface area contributed by atoms with Gasteiger partial charge >= 0.3 is 5.97 Å². The van der Waals surface area contributed by atoms with E-state index in [1.54, 1.807) is 0 Å². The molecule has 1 heterocycles. The Hall–Kier alpha value is -1.55. The van der Waals surface area contributed by atoms with Gasteiger partial charge in [-0.15, -0.1) is 0 Å². The molecule has 0 saturated carbocycles. The van der Waals surface area contributed by atoms with Gasteiger partial charge in [-0.1, -0.05) is 12.1 Å². The normalized spacial score (nSPS) is 21.4. The predicted molar refractivity (Wildman–Crippen MR) is 96.4 cm³/mol. The zero-order valence-corrected chi connectivity index (χ0v) is 15.8. The lowest BCUT2D eigenvalue weighted by Gasteiger charge is -2.56. The lowest BCUT2D eigenvalue weighted by atomic mass is 9.77. The number of benzene rings is 1. The number of hydrogen-bond donors (Lipinski definition) is 2. The van der Waals surface area contributed by atoms with E-state index >= 15 is 0 Å². The van der Waals surface area contributed by atoms with E-state index in [0.717, 1.165) is 36.0 Å². The number of aliphatic carboxylic acids is 1. The van der Waals surface area contributed by atoms with Crippen LogP contribution < -0.4 is 0 Å². The molecule has 134 valence electrons. The minimum atomic E-state index is -0.791. The fraction of sp³-hybridized carbons (Fsp3) is 0.650. The fourth-order valence-corrected chi connectivity index (χ4v) is 4.56. The molecule has 1 aliphatic rings. The van der Waals surface area contributed by atoms with Gasteiger partial charge in [0.2, 0.25) is 0 Å². The smallest absolute Gasteiger partial charge is 0.305 e. The van der Waals surface area contributed by atoms with Crippen LogP contribution in [0.3, 0.4) is 0 Å². The SMILES string of the molecule is Cc1cc(C(CC(=O)O)N2C(C)(C)CCCC2(C)C)cc(C)c1O. The van der Waals surface area contributed by atoms with Crippen LogP contribution in [0.25, 0.3) is 0 Å². The molecule has 0 spiro atoms. The molecule has 4 nitrogen and oxygen atoms in total. The van der Waals surface area contributed by atoms with Crippen LogP contribution in [-0.4, -0.2) is 32.2 Å². The first-order valence-electron chi connectivity index (χ1n) is 8.77. The highest BCUT2D eigenvalue weighted by atomic mass is 16.4. The quantitative estimate of drug-likeness (QED) is 0.847. The molecule has 2 rings (SSSR count). The number of hydrogen-bond acceptors (Lipinski definition) is 3. The molecule has 24 heavy (non-hydrogen) atoms. The highest BCUT2D eigenvalue weighted by Gasteiger charge is 2.45. The molecule has 0 bridgehead atoms. The Kier molecular flexibility index (Phi) is 5.01. The van der Waals surface area contributed by atoms with Crippen molar-refractivity contribution in [2.24, 2.45) is 0 Å². The third-order valence-corrected chi connectivity index (χ3v) is 5.46. The van der Waals surface area contributed by atoms with Crippen LogP contribution in [0.15, 0.2) is 12.1 Å². The van der Waals surface area contributed by atoms with Crippen molar-refractivity contribution < 1.29 is 15.0 Å². The number of likely N-dealkylation sites (tertiary alicyclic amines) is 1. The molecule has 0 radical (unpaired) electrons. The average Bonchev–Trinajstić information content (AvgIpc) is 2.40. The third kappa shape index (κ3) is 3.59. The Morgan fingerprint density at radius 1 is 1.12 bits per heavy atom. The number of aryl methyl sites for hydroxylation is 2. The molecule has 0 aliphatic carbocycles. The van der Waals surface area contributed by atoms with Crippen LogP contribution in [0.1, 0.15) is 76.1 Å². The van der Waals surface area contributed by atoms with E-state index in [4.69, 9.17) is 0 Å². The second kappa shape index (κ2) is 6.40. The average molecular weight is 333 g/mol. The molecule has 1 aliphatic heterocycles. The maximum absolute atomic E-state index is 11.6. The lowest BCUT2D eigenvalue weighted by molar-refractivity contribution is -0.141. The van der Waals surface area contributed by atoms with Crippen molar-refractivity contribution >= 4 is 5.97 Å². The first-order valence-corrected chi connectivity index (χ1v) is 8.77. The van der Waals surface area contributed by atoms with E-state index in [1.165, 1.54) is 0 Å². The molecule has 1 saturated heterocycles. The van der Waals surface area contributed by atoms with Crippen molar-refractivity contribution in [2.75, 3.05) is 0 Å². The first kappa shape index (κ1) is 18.8. The van der Waals surface area contributed by atoms with E-state index in [2.05, 4.69) is 32.6 Å². The van der Waals surface area contributed by atoms with Crippen LogP contribution in [0, 0.1) is 13.8 Å². The number of nitrogens with zero attached hydrogens (tertiary/aromatic N) is 1. The summed E-state index contributed by atoms with van der Waals surface area (Å²) in [5, 5.41) is 19.6. The Bertz CT molecular complexity index is 595. The fourth-order valence-electron chi connectivity index (χ4n) is 4.56. The molecular formula is C20H31NO3. The molecule has 4 heteroatoms. The summed E-state index contributed by atoms with van der Waals surface area (Å²) in [4.78, 5) is 14.0. The monoisotopic (exact) mass is 333 g/mol. The lowest BCUT2D eigenvalue weighted by Crippen LogP contribution is -2.59. The van der Waals surface area contributed by atoms with Gasteiger partial charge in [0.05, 0.1) is 6.42 Å². The summed E-state index contributed by atoms with van der Waals surface area (Å²) in [7, 11) is 0. The van der Waals surface area contributed by atoms with Crippen LogP contribution >= 0.6 is 0 Å². The minimum absolute atomic E-state index is 0.0660. The van der Waals surface area contributed by atoms with Gasteiger partial charge in [-0.2, -0.15) is 0 Å². The van der Waals surface area contributed by atoms with Crippen LogP contribution in [0.2, 0.25) is 0 Å². The van der Waals surface area contributed by atoms with E-state index in [-0.39, 0.29) is 23.5 Å². The number of rotatable bonds is 4. The van der Waals surface area contributed by atoms with Gasteiger partial charge < -0.3 is 10.2 Å². The highest BCUT2D eigenvalue weighted by molar-refractivity contribution is 5.68. The summed E-state index contributed by atoms with van der Waals surface area (Å²) in [6.07, 6.45) is 3.34. The second-order valence-corrected chi connectivity index (χ2v) is 8.47. The van der Waals surface area contributed by atoms with Crippen LogP contribution in [-0.2, 0) is 4.79 Å². The number of phenolic OH excluding ortho intramolecular Hbond substituents is 1. The van der Waals surface area contributed by atoms with Gasteiger partial charge in [0, 0.05) is 17.1 Å². The van der Waals surface area contributed by atoms with Gasteiger partial charge in [-0.25, -0.2) is 0 Å². The predicted octanol–water partition coefficient (Wildman–Crippen LogP) is 4.57. The maximum Gasteiger partial charge on any atom is 0.305 e. The molecule has 1 fully saturated rings. The standard InChI is InChI=1S/C20H31NO3/c1-13-10-15(11-14(2)18(13)24)16(12-17(22)23)21-19(3,4)8-7-9-20(21,5)6/h10-11,16,24H,7-9,12H2,1-6H3,(H,22,23). The Labute approximate surface area is 145 Å². The van der Waals surface area contributed by atoms with Gasteiger partial charge in [0.25, 0.3) is 0 Å². The molecule has 1 aromatic carbocycles. The molecule has 1 aromatic rings. The number of aromatic hydroxyl groups is 1. The summed E-state index contributed by atoms with van der Waals surface area (Å²) >= 11 is 0. The summed E-state index contributed by atoms with van der Waals surface area (Å²) in [6.45, 7) is 12.6. The van der Waals surface area contributed by atoms with Crippen LogP contribution in [0.5, 0.6) is 5.75 Å².